The number of hydrogen-bond acceptors (Lipinski definition) is 4. The Morgan fingerprint density at radius 3 is 2.63 bits per heavy atom. The van der Waals surface area contributed by atoms with E-state index in [4.69, 9.17) is 9.72 Å². The van der Waals surface area contributed by atoms with Crippen LogP contribution < -0.4 is 4.74 Å². The molecule has 1 amide bonds. The Labute approximate surface area is 173 Å². The van der Waals surface area contributed by atoms with Crippen molar-refractivity contribution < 1.29 is 13.9 Å². The van der Waals surface area contributed by atoms with E-state index in [1.807, 2.05) is 36.4 Å². The molecule has 0 aliphatic carbocycles. The van der Waals surface area contributed by atoms with Gasteiger partial charge >= 0.3 is 0 Å². The van der Waals surface area contributed by atoms with Crippen LogP contribution in [-0.2, 0) is 0 Å². The number of hydrogen-bond donors (Lipinski definition) is 0. The van der Waals surface area contributed by atoms with E-state index in [9.17, 15) is 9.18 Å². The number of ether oxygens (including phenoxy) is 1. The zero-order valence-corrected chi connectivity index (χ0v) is 16.5. The van der Waals surface area contributed by atoms with E-state index in [1.54, 1.807) is 42.5 Å². The highest BCUT2D eigenvalue weighted by Gasteiger charge is 2.17. The summed E-state index contributed by atoms with van der Waals surface area (Å²) in [6.45, 7) is 0.682. The average molecular weight is 401 g/mol. The fourth-order valence-corrected chi connectivity index (χ4v) is 3.15. The first kappa shape index (κ1) is 19.5. The van der Waals surface area contributed by atoms with Gasteiger partial charge in [0.05, 0.1) is 23.3 Å². The Hall–Kier alpha value is -3.80. The number of likely N-dealkylation sites (N-methyl/N-ethyl adjacent to an activating group) is 1. The molecule has 0 radical (unpaired) electrons. The van der Waals surface area contributed by atoms with Crippen LogP contribution in [0.1, 0.15) is 10.4 Å². The van der Waals surface area contributed by atoms with Crippen LogP contribution in [0.15, 0.2) is 79.1 Å². The number of benzene rings is 2. The molecule has 5 nitrogen and oxygen atoms in total. The van der Waals surface area contributed by atoms with Crippen LogP contribution >= 0.6 is 0 Å². The van der Waals surface area contributed by atoms with Crippen molar-refractivity contribution >= 4 is 16.8 Å². The third-order valence-corrected chi connectivity index (χ3v) is 4.76. The van der Waals surface area contributed by atoms with Crippen LogP contribution in [0.2, 0.25) is 0 Å². The number of amides is 1. The summed E-state index contributed by atoms with van der Waals surface area (Å²) in [7, 11) is 1.73. The van der Waals surface area contributed by atoms with E-state index in [1.165, 1.54) is 12.1 Å². The molecular formula is C24H20FN3O2. The van der Waals surface area contributed by atoms with Gasteiger partial charge in [0, 0.05) is 30.4 Å². The maximum atomic E-state index is 13.2. The summed E-state index contributed by atoms with van der Waals surface area (Å²) in [5.41, 5.74) is 2.86. The second-order valence-electron chi connectivity index (χ2n) is 6.84. The summed E-state index contributed by atoms with van der Waals surface area (Å²) in [6, 6.07) is 18.9. The summed E-state index contributed by atoms with van der Waals surface area (Å²) < 4.78 is 18.6. The van der Waals surface area contributed by atoms with E-state index < -0.39 is 0 Å². The quantitative estimate of drug-likeness (QED) is 0.474. The molecule has 0 unspecified atom stereocenters. The minimum Gasteiger partial charge on any atom is -0.492 e. The van der Waals surface area contributed by atoms with E-state index in [0.717, 1.165) is 16.5 Å². The fourth-order valence-electron chi connectivity index (χ4n) is 3.15. The first-order chi connectivity index (χ1) is 14.6. The highest BCUT2D eigenvalue weighted by atomic mass is 19.1. The van der Waals surface area contributed by atoms with Crippen LogP contribution in [-0.4, -0.2) is 41.0 Å². The SMILES string of the molecule is CN(CCOc1ccc(F)cc1)C(=O)c1cc(-c2cccnc2)nc2ccccc12. The van der Waals surface area contributed by atoms with Crippen molar-refractivity contribution in [2.24, 2.45) is 0 Å². The van der Waals surface area contributed by atoms with E-state index in [-0.39, 0.29) is 11.7 Å². The third kappa shape index (κ3) is 4.27. The minimum atomic E-state index is -0.316. The number of fused-ring (bicyclic) bond motifs is 1. The number of carbonyl (C=O) groups is 1. The van der Waals surface area contributed by atoms with Crippen molar-refractivity contribution in [1.29, 1.82) is 0 Å². The number of halogens is 1. The summed E-state index contributed by atoms with van der Waals surface area (Å²) in [5.74, 6) is 0.121. The molecule has 2 aromatic carbocycles. The Morgan fingerprint density at radius 1 is 1.07 bits per heavy atom. The normalized spacial score (nSPS) is 10.7. The Kier molecular flexibility index (Phi) is 5.66. The Balaban J connectivity index is 1.56. The number of aromatic nitrogens is 2. The molecule has 0 spiro atoms. The second kappa shape index (κ2) is 8.69. The lowest BCUT2D eigenvalue weighted by molar-refractivity contribution is 0.0775. The molecule has 4 aromatic rings. The summed E-state index contributed by atoms with van der Waals surface area (Å²) in [5, 5.41) is 0.793. The molecule has 0 atom stereocenters. The number of para-hydroxylation sites is 1. The van der Waals surface area contributed by atoms with Crippen molar-refractivity contribution in [2.45, 2.75) is 0 Å². The van der Waals surface area contributed by atoms with Crippen molar-refractivity contribution in [3.63, 3.8) is 0 Å². The van der Waals surface area contributed by atoms with Gasteiger partial charge in [0.2, 0.25) is 0 Å². The van der Waals surface area contributed by atoms with Crippen molar-refractivity contribution in [1.82, 2.24) is 14.9 Å². The van der Waals surface area contributed by atoms with Crippen molar-refractivity contribution in [2.75, 3.05) is 20.2 Å². The molecule has 0 saturated heterocycles. The summed E-state index contributed by atoms with van der Waals surface area (Å²) in [6.07, 6.45) is 3.43. The van der Waals surface area contributed by atoms with Gasteiger partial charge in [-0.25, -0.2) is 9.37 Å². The molecule has 0 aliphatic rings. The predicted molar refractivity (Wildman–Crippen MR) is 114 cm³/mol. The van der Waals surface area contributed by atoms with Gasteiger partial charge in [-0.2, -0.15) is 0 Å². The lowest BCUT2D eigenvalue weighted by atomic mass is 10.0. The van der Waals surface area contributed by atoms with Crippen LogP contribution in [0.5, 0.6) is 5.75 Å². The highest BCUT2D eigenvalue weighted by molar-refractivity contribution is 6.07. The second-order valence-corrected chi connectivity index (χ2v) is 6.84. The van der Waals surface area contributed by atoms with Crippen LogP contribution in [0.25, 0.3) is 22.2 Å². The van der Waals surface area contributed by atoms with Gasteiger partial charge in [0.15, 0.2) is 0 Å². The van der Waals surface area contributed by atoms with Crippen LogP contribution in [0.3, 0.4) is 0 Å². The van der Waals surface area contributed by atoms with Gasteiger partial charge in [0.1, 0.15) is 18.2 Å². The van der Waals surface area contributed by atoms with Gasteiger partial charge in [-0.15, -0.1) is 0 Å². The standard InChI is InChI=1S/C24H20FN3O2/c1-28(13-14-30-19-10-8-18(25)9-11-19)24(29)21-15-23(17-5-4-12-26-16-17)27-22-7-3-2-6-20(21)22/h2-12,15-16H,13-14H2,1H3. The molecular weight excluding hydrogens is 381 g/mol. The number of carbonyl (C=O) groups excluding carboxylic acids is 1. The Bertz CT molecular complexity index is 1160. The summed E-state index contributed by atoms with van der Waals surface area (Å²) >= 11 is 0. The first-order valence-corrected chi connectivity index (χ1v) is 9.56. The minimum absolute atomic E-state index is 0.124. The molecule has 0 saturated carbocycles. The van der Waals surface area contributed by atoms with Gasteiger partial charge in [0.25, 0.3) is 5.91 Å². The zero-order chi connectivity index (χ0) is 20.9. The maximum absolute atomic E-state index is 13.2. The van der Waals surface area contributed by atoms with Gasteiger partial charge in [-0.3, -0.25) is 9.78 Å². The number of nitrogens with zero attached hydrogens (tertiary/aromatic N) is 3. The molecule has 2 aromatic heterocycles. The van der Waals surface area contributed by atoms with Gasteiger partial charge < -0.3 is 9.64 Å². The highest BCUT2D eigenvalue weighted by Crippen LogP contribution is 2.25. The summed E-state index contributed by atoms with van der Waals surface area (Å²) in [4.78, 5) is 23.7. The molecule has 0 bridgehead atoms. The average Bonchev–Trinajstić information content (AvgIpc) is 2.79. The topological polar surface area (TPSA) is 55.3 Å². The smallest absolute Gasteiger partial charge is 0.254 e. The molecule has 0 fully saturated rings. The predicted octanol–water partition coefficient (Wildman–Crippen LogP) is 4.59. The van der Waals surface area contributed by atoms with Crippen LogP contribution in [0, 0.1) is 5.82 Å². The molecule has 30 heavy (non-hydrogen) atoms. The van der Waals surface area contributed by atoms with Gasteiger partial charge in [-0.05, 0) is 48.5 Å². The van der Waals surface area contributed by atoms with Crippen LogP contribution in [0.4, 0.5) is 4.39 Å². The maximum Gasteiger partial charge on any atom is 0.254 e. The molecule has 150 valence electrons. The lowest BCUT2D eigenvalue weighted by Crippen LogP contribution is -2.31. The first-order valence-electron chi connectivity index (χ1n) is 9.56. The molecule has 6 heteroatoms. The lowest BCUT2D eigenvalue weighted by Gasteiger charge is -2.19. The number of rotatable bonds is 6. The monoisotopic (exact) mass is 401 g/mol. The largest absolute Gasteiger partial charge is 0.492 e. The van der Waals surface area contributed by atoms with Gasteiger partial charge in [-0.1, -0.05) is 18.2 Å². The Morgan fingerprint density at radius 2 is 1.87 bits per heavy atom. The molecule has 0 aliphatic heterocycles. The molecule has 2 heterocycles. The number of pyridine rings is 2. The zero-order valence-electron chi connectivity index (χ0n) is 16.5. The van der Waals surface area contributed by atoms with E-state index >= 15 is 0 Å². The third-order valence-electron chi connectivity index (χ3n) is 4.76. The van der Waals surface area contributed by atoms with E-state index in [0.29, 0.717) is 30.2 Å². The van der Waals surface area contributed by atoms with Crippen molar-refractivity contribution in [3.8, 4) is 17.0 Å². The van der Waals surface area contributed by atoms with Crippen molar-refractivity contribution in [3.05, 3.63) is 90.5 Å². The van der Waals surface area contributed by atoms with E-state index in [2.05, 4.69) is 4.98 Å². The molecule has 0 N–H and O–H groups in total. The fraction of sp³-hybridized carbons (Fsp3) is 0.125. The molecule has 4 rings (SSSR count).